The van der Waals surface area contributed by atoms with Crippen LogP contribution < -0.4 is 15.4 Å². The van der Waals surface area contributed by atoms with E-state index in [4.69, 9.17) is 4.74 Å². The molecule has 0 aliphatic carbocycles. The van der Waals surface area contributed by atoms with Crippen molar-refractivity contribution in [2.24, 2.45) is 0 Å². The van der Waals surface area contributed by atoms with Gasteiger partial charge in [0.1, 0.15) is 11.6 Å². The summed E-state index contributed by atoms with van der Waals surface area (Å²) in [4.78, 5) is 9.00. The summed E-state index contributed by atoms with van der Waals surface area (Å²) in [7, 11) is 1.65. The zero-order valence-corrected chi connectivity index (χ0v) is 14.5. The molecule has 0 spiro atoms. The molecule has 2 N–H and O–H groups in total. The number of benzene rings is 2. The van der Waals surface area contributed by atoms with Gasteiger partial charge in [0, 0.05) is 18.3 Å². The van der Waals surface area contributed by atoms with E-state index < -0.39 is 0 Å². The Kier molecular flexibility index (Phi) is 5.46. The minimum atomic E-state index is 0.548. The normalized spacial score (nSPS) is 10.3. The highest BCUT2D eigenvalue weighted by Gasteiger charge is 2.06. The van der Waals surface area contributed by atoms with Crippen molar-refractivity contribution in [3.63, 3.8) is 0 Å². The number of nitrogens with one attached hydrogen (secondary N) is 2. The molecule has 3 rings (SSSR count). The highest BCUT2D eigenvalue weighted by atomic mass is 16.5. The minimum Gasteiger partial charge on any atom is -0.495 e. The zero-order valence-electron chi connectivity index (χ0n) is 14.5. The third kappa shape index (κ3) is 4.70. The van der Waals surface area contributed by atoms with Gasteiger partial charge in [-0.15, -0.1) is 0 Å². The Balaban J connectivity index is 1.68. The monoisotopic (exact) mass is 334 g/mol. The second-order valence-corrected chi connectivity index (χ2v) is 5.71. The lowest BCUT2D eigenvalue weighted by Gasteiger charge is -2.12. The molecule has 0 aliphatic heterocycles. The molecule has 25 heavy (non-hydrogen) atoms. The topological polar surface area (TPSA) is 59.1 Å². The van der Waals surface area contributed by atoms with E-state index in [0.717, 1.165) is 35.9 Å². The van der Waals surface area contributed by atoms with Gasteiger partial charge >= 0.3 is 0 Å². The maximum atomic E-state index is 5.36. The molecule has 5 nitrogen and oxygen atoms in total. The van der Waals surface area contributed by atoms with E-state index in [-0.39, 0.29) is 0 Å². The minimum absolute atomic E-state index is 0.548. The van der Waals surface area contributed by atoms with E-state index in [9.17, 15) is 0 Å². The van der Waals surface area contributed by atoms with Crippen LogP contribution in [0.5, 0.6) is 5.75 Å². The van der Waals surface area contributed by atoms with Gasteiger partial charge in [0.25, 0.3) is 0 Å². The third-order valence-corrected chi connectivity index (χ3v) is 3.77. The molecule has 1 aromatic heterocycles. The number of nitrogens with zero attached hydrogens (tertiary/aromatic N) is 2. The van der Waals surface area contributed by atoms with Crippen molar-refractivity contribution in [2.45, 2.75) is 13.3 Å². The van der Waals surface area contributed by atoms with Crippen molar-refractivity contribution in [2.75, 3.05) is 24.3 Å². The van der Waals surface area contributed by atoms with Gasteiger partial charge in [0.15, 0.2) is 0 Å². The third-order valence-electron chi connectivity index (χ3n) is 3.77. The molecule has 0 radical (unpaired) electrons. The molecular formula is C20H22N4O. The Morgan fingerprint density at radius 1 is 0.960 bits per heavy atom. The zero-order chi connectivity index (χ0) is 17.5. The SMILES string of the molecule is COc1ccccc1Nc1nc(C)cc(NCCc2ccccc2)n1. The van der Waals surface area contributed by atoms with Gasteiger partial charge in [-0.3, -0.25) is 0 Å². The van der Waals surface area contributed by atoms with Gasteiger partial charge in [-0.1, -0.05) is 42.5 Å². The first-order chi connectivity index (χ1) is 12.2. The number of methoxy groups -OCH3 is 1. The van der Waals surface area contributed by atoms with Crippen molar-refractivity contribution in [3.8, 4) is 5.75 Å². The van der Waals surface area contributed by atoms with Crippen LogP contribution in [-0.2, 0) is 6.42 Å². The first kappa shape index (κ1) is 16.8. The molecule has 0 bridgehead atoms. The van der Waals surface area contributed by atoms with Crippen LogP contribution in [0.3, 0.4) is 0 Å². The van der Waals surface area contributed by atoms with Crippen molar-refractivity contribution in [1.29, 1.82) is 0 Å². The second kappa shape index (κ2) is 8.15. The second-order valence-electron chi connectivity index (χ2n) is 5.71. The van der Waals surface area contributed by atoms with Crippen molar-refractivity contribution >= 4 is 17.5 Å². The molecule has 0 atom stereocenters. The fourth-order valence-corrected chi connectivity index (χ4v) is 2.56. The van der Waals surface area contributed by atoms with E-state index in [1.165, 1.54) is 5.56 Å². The lowest BCUT2D eigenvalue weighted by Crippen LogP contribution is -2.09. The van der Waals surface area contributed by atoms with Crippen LogP contribution in [-0.4, -0.2) is 23.6 Å². The first-order valence-corrected chi connectivity index (χ1v) is 8.28. The van der Waals surface area contributed by atoms with E-state index in [1.807, 2.05) is 43.3 Å². The van der Waals surface area contributed by atoms with Crippen LogP contribution >= 0.6 is 0 Å². The van der Waals surface area contributed by atoms with Crippen LogP contribution in [0.2, 0.25) is 0 Å². The smallest absolute Gasteiger partial charge is 0.229 e. The molecule has 1 heterocycles. The van der Waals surface area contributed by atoms with E-state index in [1.54, 1.807) is 7.11 Å². The number of para-hydroxylation sites is 2. The fraction of sp³-hybridized carbons (Fsp3) is 0.200. The van der Waals surface area contributed by atoms with Crippen LogP contribution in [0.1, 0.15) is 11.3 Å². The summed E-state index contributed by atoms with van der Waals surface area (Å²) in [6.45, 7) is 2.77. The molecule has 0 saturated heterocycles. The Bertz CT molecular complexity index is 821. The predicted octanol–water partition coefficient (Wildman–Crippen LogP) is 4.19. The van der Waals surface area contributed by atoms with Gasteiger partial charge in [-0.2, -0.15) is 4.98 Å². The highest BCUT2D eigenvalue weighted by Crippen LogP contribution is 2.26. The number of aryl methyl sites for hydroxylation is 1. The molecule has 5 heteroatoms. The molecule has 0 unspecified atom stereocenters. The van der Waals surface area contributed by atoms with E-state index in [2.05, 4.69) is 44.9 Å². The van der Waals surface area contributed by atoms with Crippen LogP contribution in [0.15, 0.2) is 60.7 Å². The lowest BCUT2D eigenvalue weighted by molar-refractivity contribution is 0.417. The van der Waals surface area contributed by atoms with Gasteiger partial charge in [-0.05, 0) is 31.0 Å². The molecule has 0 aliphatic rings. The summed E-state index contributed by atoms with van der Waals surface area (Å²) < 4.78 is 5.36. The Labute approximate surface area is 148 Å². The van der Waals surface area contributed by atoms with Crippen molar-refractivity contribution in [1.82, 2.24) is 9.97 Å². The largest absolute Gasteiger partial charge is 0.495 e. The Hall–Kier alpha value is -3.08. The number of hydrogen-bond donors (Lipinski definition) is 2. The Morgan fingerprint density at radius 3 is 2.52 bits per heavy atom. The molecule has 0 amide bonds. The summed E-state index contributed by atoms with van der Waals surface area (Å²) in [5, 5.41) is 6.59. The molecule has 2 aromatic carbocycles. The first-order valence-electron chi connectivity index (χ1n) is 8.28. The summed E-state index contributed by atoms with van der Waals surface area (Å²) in [5.74, 6) is 2.11. The van der Waals surface area contributed by atoms with Gasteiger partial charge in [0.05, 0.1) is 12.8 Å². The number of ether oxygens (including phenoxy) is 1. The van der Waals surface area contributed by atoms with E-state index >= 15 is 0 Å². The fourth-order valence-electron chi connectivity index (χ4n) is 2.56. The summed E-state index contributed by atoms with van der Waals surface area (Å²) >= 11 is 0. The molecule has 0 saturated carbocycles. The molecule has 3 aromatic rings. The molecule has 128 valence electrons. The van der Waals surface area contributed by atoms with Crippen LogP contribution in [0.4, 0.5) is 17.5 Å². The number of rotatable bonds is 7. The highest BCUT2D eigenvalue weighted by molar-refractivity contribution is 5.63. The standard InChI is InChI=1S/C20H22N4O/c1-15-14-19(21-13-12-16-8-4-3-5-9-16)24-20(22-15)23-17-10-6-7-11-18(17)25-2/h3-11,14H,12-13H2,1-2H3,(H2,21,22,23,24). The molecular weight excluding hydrogens is 312 g/mol. The quantitative estimate of drug-likeness (QED) is 0.678. The number of anilines is 3. The van der Waals surface area contributed by atoms with Gasteiger partial charge in [0.2, 0.25) is 5.95 Å². The van der Waals surface area contributed by atoms with Crippen molar-refractivity contribution in [3.05, 3.63) is 71.9 Å². The summed E-state index contributed by atoms with van der Waals surface area (Å²) in [6, 6.07) is 20.0. The van der Waals surface area contributed by atoms with Crippen molar-refractivity contribution < 1.29 is 4.74 Å². The average molecular weight is 334 g/mol. The van der Waals surface area contributed by atoms with Gasteiger partial charge < -0.3 is 15.4 Å². The number of aromatic nitrogens is 2. The average Bonchev–Trinajstić information content (AvgIpc) is 2.63. The Morgan fingerprint density at radius 2 is 1.72 bits per heavy atom. The van der Waals surface area contributed by atoms with Crippen LogP contribution in [0, 0.1) is 6.92 Å². The number of hydrogen-bond acceptors (Lipinski definition) is 5. The summed E-state index contributed by atoms with van der Waals surface area (Å²) in [6.07, 6.45) is 0.944. The van der Waals surface area contributed by atoms with E-state index in [0.29, 0.717) is 5.95 Å². The van der Waals surface area contributed by atoms with Crippen LogP contribution in [0.25, 0.3) is 0 Å². The lowest BCUT2D eigenvalue weighted by atomic mass is 10.1. The van der Waals surface area contributed by atoms with Gasteiger partial charge in [-0.25, -0.2) is 4.98 Å². The maximum absolute atomic E-state index is 5.36. The predicted molar refractivity (Wildman–Crippen MR) is 102 cm³/mol. The maximum Gasteiger partial charge on any atom is 0.229 e. The molecule has 0 fully saturated rings. The summed E-state index contributed by atoms with van der Waals surface area (Å²) in [5.41, 5.74) is 3.04.